The summed E-state index contributed by atoms with van der Waals surface area (Å²) in [5.41, 5.74) is 2.70. The third-order valence-electron chi connectivity index (χ3n) is 5.78. The van der Waals surface area contributed by atoms with E-state index in [2.05, 4.69) is 20.0 Å². The van der Waals surface area contributed by atoms with E-state index in [9.17, 15) is 4.79 Å². The van der Waals surface area contributed by atoms with Gasteiger partial charge in [-0.05, 0) is 37.6 Å². The fraction of sp³-hybridized carbons (Fsp3) is 0.429. The van der Waals surface area contributed by atoms with Crippen molar-refractivity contribution >= 4 is 11.6 Å². The van der Waals surface area contributed by atoms with Crippen LogP contribution < -0.4 is 5.56 Å². The first-order chi connectivity index (χ1) is 14.6. The minimum absolute atomic E-state index is 0.0141. The van der Waals surface area contributed by atoms with Crippen LogP contribution in [-0.2, 0) is 24.2 Å². The Morgan fingerprint density at radius 3 is 2.93 bits per heavy atom. The lowest BCUT2D eigenvalue weighted by Crippen LogP contribution is -2.35. The monoisotopic (exact) mass is 427 g/mol. The fourth-order valence-electron chi connectivity index (χ4n) is 4.06. The predicted octanol–water partition coefficient (Wildman–Crippen LogP) is 2.56. The fourth-order valence-corrected chi connectivity index (χ4v) is 4.19. The molecule has 0 radical (unpaired) electrons. The van der Waals surface area contributed by atoms with Crippen molar-refractivity contribution < 1.29 is 9.26 Å². The molecule has 0 saturated carbocycles. The van der Waals surface area contributed by atoms with Gasteiger partial charge in [-0.15, -0.1) is 0 Å². The molecular weight excluding hydrogens is 406 g/mol. The summed E-state index contributed by atoms with van der Waals surface area (Å²) in [5, 5.41) is 4.84. The maximum Gasteiger partial charge on any atom is 0.257 e. The number of ether oxygens (including phenoxy) is 1. The van der Waals surface area contributed by atoms with Gasteiger partial charge in [-0.1, -0.05) is 28.9 Å². The van der Waals surface area contributed by atoms with Crippen LogP contribution in [0.15, 0.2) is 39.9 Å². The van der Waals surface area contributed by atoms with Crippen molar-refractivity contribution in [2.24, 2.45) is 0 Å². The average molecular weight is 428 g/mol. The molecule has 0 aliphatic carbocycles. The van der Waals surface area contributed by atoms with Gasteiger partial charge in [0, 0.05) is 29.6 Å². The van der Waals surface area contributed by atoms with Crippen LogP contribution in [0.3, 0.4) is 0 Å². The van der Waals surface area contributed by atoms with Gasteiger partial charge in [0.15, 0.2) is 5.82 Å². The molecule has 1 saturated heterocycles. The van der Waals surface area contributed by atoms with E-state index in [1.165, 1.54) is 0 Å². The largest absolute Gasteiger partial charge is 0.373 e. The van der Waals surface area contributed by atoms with Crippen LogP contribution in [0.4, 0.5) is 0 Å². The highest BCUT2D eigenvalue weighted by Gasteiger charge is 2.31. The van der Waals surface area contributed by atoms with Gasteiger partial charge in [-0.3, -0.25) is 9.36 Å². The Morgan fingerprint density at radius 1 is 1.27 bits per heavy atom. The van der Waals surface area contributed by atoms with Crippen LogP contribution in [0, 0.1) is 0 Å². The highest BCUT2D eigenvalue weighted by molar-refractivity contribution is 6.30. The molecule has 2 aliphatic rings. The zero-order valence-corrected chi connectivity index (χ0v) is 17.4. The van der Waals surface area contributed by atoms with Crippen molar-refractivity contribution in [1.29, 1.82) is 0 Å². The Hall–Kier alpha value is -2.55. The van der Waals surface area contributed by atoms with Gasteiger partial charge in [0.1, 0.15) is 6.54 Å². The number of benzene rings is 1. The van der Waals surface area contributed by atoms with Gasteiger partial charge >= 0.3 is 0 Å². The van der Waals surface area contributed by atoms with E-state index in [-0.39, 0.29) is 24.1 Å². The van der Waals surface area contributed by atoms with E-state index in [4.69, 9.17) is 20.9 Å². The maximum atomic E-state index is 12.8. The number of nitrogens with zero attached hydrogens (tertiary/aromatic N) is 5. The summed E-state index contributed by atoms with van der Waals surface area (Å²) in [7, 11) is 2.03. The lowest BCUT2D eigenvalue weighted by molar-refractivity contribution is 0.110. The van der Waals surface area contributed by atoms with E-state index in [1.807, 2.05) is 31.3 Å². The number of rotatable bonds is 4. The average Bonchev–Trinajstić information content (AvgIpc) is 3.40. The van der Waals surface area contributed by atoms with E-state index < -0.39 is 0 Å². The summed E-state index contributed by atoms with van der Waals surface area (Å²) in [6.07, 6.45) is 3.03. The molecule has 9 heteroatoms. The SMILES string of the molecule is CN1CCc2c(ncn(Cc3nc([C@@H]4CO[C@@H](c5ccc(Cl)cc5)C4)no3)c2=O)C1. The molecule has 0 bridgehead atoms. The Bertz CT molecular complexity index is 1110. The van der Waals surface area contributed by atoms with Crippen molar-refractivity contribution in [2.45, 2.75) is 38.0 Å². The summed E-state index contributed by atoms with van der Waals surface area (Å²) in [4.78, 5) is 23.9. The lowest BCUT2D eigenvalue weighted by atomic mass is 10.0. The Kier molecular flexibility index (Phi) is 5.14. The molecule has 156 valence electrons. The van der Waals surface area contributed by atoms with Crippen LogP contribution >= 0.6 is 11.6 Å². The minimum atomic E-state index is -0.0279. The minimum Gasteiger partial charge on any atom is -0.373 e. The third kappa shape index (κ3) is 3.78. The molecule has 8 nitrogen and oxygen atoms in total. The molecule has 1 aromatic carbocycles. The van der Waals surface area contributed by atoms with Gasteiger partial charge in [0.25, 0.3) is 5.56 Å². The van der Waals surface area contributed by atoms with Crippen LogP contribution in [0.5, 0.6) is 0 Å². The summed E-state index contributed by atoms with van der Waals surface area (Å²) in [5.74, 6) is 1.07. The van der Waals surface area contributed by atoms with Gasteiger partial charge < -0.3 is 14.2 Å². The molecule has 2 atom stereocenters. The highest BCUT2D eigenvalue weighted by Crippen LogP contribution is 2.37. The first-order valence-electron chi connectivity index (χ1n) is 10.0. The topological polar surface area (TPSA) is 86.3 Å². The van der Waals surface area contributed by atoms with Crippen LogP contribution in [0.2, 0.25) is 5.02 Å². The van der Waals surface area contributed by atoms with Crippen LogP contribution in [0.25, 0.3) is 0 Å². The summed E-state index contributed by atoms with van der Waals surface area (Å²) >= 11 is 5.96. The first kappa shape index (κ1) is 19.4. The molecule has 5 rings (SSSR count). The zero-order valence-electron chi connectivity index (χ0n) is 16.6. The molecule has 3 aromatic rings. The van der Waals surface area contributed by atoms with Crippen molar-refractivity contribution in [2.75, 3.05) is 20.2 Å². The Labute approximate surface area is 178 Å². The van der Waals surface area contributed by atoms with Gasteiger partial charge in [-0.2, -0.15) is 4.98 Å². The smallest absolute Gasteiger partial charge is 0.257 e. The number of hydrogen-bond donors (Lipinski definition) is 0. The first-order valence-corrected chi connectivity index (χ1v) is 10.4. The molecule has 30 heavy (non-hydrogen) atoms. The van der Waals surface area contributed by atoms with Crippen molar-refractivity contribution in [3.8, 4) is 0 Å². The second kappa shape index (κ2) is 7.94. The second-order valence-electron chi connectivity index (χ2n) is 7.94. The number of likely N-dealkylation sites (N-methyl/N-ethyl adjacent to an activating group) is 1. The zero-order chi connectivity index (χ0) is 20.7. The molecule has 4 heterocycles. The summed E-state index contributed by atoms with van der Waals surface area (Å²) in [6, 6.07) is 7.68. The van der Waals surface area contributed by atoms with Gasteiger partial charge in [0.2, 0.25) is 5.89 Å². The normalized spacial score (nSPS) is 21.7. The molecule has 0 spiro atoms. The van der Waals surface area contributed by atoms with Crippen molar-refractivity contribution in [1.82, 2.24) is 24.6 Å². The molecule has 0 amide bonds. The molecular formula is C21H22ClN5O3. The summed E-state index contributed by atoms with van der Waals surface area (Å²) in [6.45, 7) is 2.30. The van der Waals surface area contributed by atoms with E-state index >= 15 is 0 Å². The summed E-state index contributed by atoms with van der Waals surface area (Å²) < 4.78 is 12.9. The third-order valence-corrected chi connectivity index (χ3v) is 6.03. The van der Waals surface area contributed by atoms with Crippen LogP contribution in [-0.4, -0.2) is 44.8 Å². The molecule has 2 aromatic heterocycles. The quantitative estimate of drug-likeness (QED) is 0.632. The van der Waals surface area contributed by atoms with Gasteiger partial charge in [-0.25, -0.2) is 4.98 Å². The number of fused-ring (bicyclic) bond motifs is 1. The van der Waals surface area contributed by atoms with E-state index in [0.717, 1.165) is 29.8 Å². The highest BCUT2D eigenvalue weighted by atomic mass is 35.5. The van der Waals surface area contributed by atoms with Crippen molar-refractivity contribution in [3.05, 3.63) is 74.5 Å². The molecule has 0 N–H and O–H groups in total. The Morgan fingerprint density at radius 2 is 2.10 bits per heavy atom. The molecule has 1 fully saturated rings. The van der Waals surface area contributed by atoms with E-state index in [1.54, 1.807) is 10.9 Å². The number of aromatic nitrogens is 4. The Balaban J connectivity index is 1.29. The lowest BCUT2D eigenvalue weighted by Gasteiger charge is -2.23. The van der Waals surface area contributed by atoms with E-state index in [0.29, 0.717) is 36.3 Å². The van der Waals surface area contributed by atoms with Crippen LogP contribution in [0.1, 0.15) is 47.0 Å². The standard InChI is InChI=1S/C21H22ClN5O3/c1-26-7-6-16-17(9-26)23-12-27(21(16)28)10-19-24-20(25-30-19)14-8-18(29-11-14)13-2-4-15(22)5-3-13/h2-5,12,14,18H,6-11H2,1H3/t14-,18+/m0/s1. The van der Waals surface area contributed by atoms with Gasteiger partial charge in [0.05, 0.1) is 24.7 Å². The predicted molar refractivity (Wildman–Crippen MR) is 109 cm³/mol. The second-order valence-corrected chi connectivity index (χ2v) is 8.38. The molecule has 0 unspecified atom stereocenters. The number of halogens is 1. The van der Waals surface area contributed by atoms with Crippen molar-refractivity contribution in [3.63, 3.8) is 0 Å². The molecule has 2 aliphatic heterocycles. The number of hydrogen-bond acceptors (Lipinski definition) is 7. The maximum absolute atomic E-state index is 12.8.